The van der Waals surface area contributed by atoms with Crippen LogP contribution in [0, 0.1) is 0 Å². The molecule has 0 saturated carbocycles. The van der Waals surface area contributed by atoms with E-state index >= 15 is 0 Å². The van der Waals surface area contributed by atoms with Gasteiger partial charge in [0.1, 0.15) is 11.3 Å². The van der Waals surface area contributed by atoms with E-state index in [4.69, 9.17) is 9.84 Å². The summed E-state index contributed by atoms with van der Waals surface area (Å²) in [6, 6.07) is 3.15. The number of aromatic nitrogens is 1. The largest absolute Gasteiger partial charge is 0.477 e. The molecule has 19 heavy (non-hydrogen) atoms. The summed E-state index contributed by atoms with van der Waals surface area (Å²) >= 11 is 3.26. The lowest BCUT2D eigenvalue weighted by Gasteiger charge is -2.19. The summed E-state index contributed by atoms with van der Waals surface area (Å²) in [5.41, 5.74) is -0.387. The van der Waals surface area contributed by atoms with Crippen LogP contribution < -0.4 is 5.32 Å². The summed E-state index contributed by atoms with van der Waals surface area (Å²) in [7, 11) is 0. The number of aromatic carboxylic acids is 1. The van der Waals surface area contributed by atoms with Crippen LogP contribution in [0.1, 0.15) is 31.3 Å². The minimum absolute atomic E-state index is 0.165. The molecule has 1 aromatic heterocycles. The van der Waals surface area contributed by atoms with Gasteiger partial charge in [-0.2, -0.15) is 0 Å². The zero-order valence-corrected chi connectivity index (χ0v) is 12.7. The van der Waals surface area contributed by atoms with Crippen LogP contribution in [0.15, 0.2) is 16.7 Å². The van der Waals surface area contributed by atoms with Crippen molar-refractivity contribution in [2.75, 3.05) is 6.54 Å². The number of nitrogens with zero attached hydrogens (tertiary/aromatic N) is 1. The first-order chi connectivity index (χ1) is 8.70. The lowest BCUT2D eigenvalue weighted by molar-refractivity contribution is 0.0526. The smallest absolute Gasteiger partial charge is 0.407 e. The highest BCUT2D eigenvalue weighted by atomic mass is 79.9. The summed E-state index contributed by atoms with van der Waals surface area (Å²) in [5, 5.41) is 11.6. The molecule has 0 radical (unpaired) electrons. The standard InChI is InChI=1S/C12H17BrN2O4/c1-12(2,3)19-11(18)14-6-7-15-8(10(16)17)4-5-9(15)13/h4-5H,6-7H2,1-3H3,(H,14,18)(H,16,17). The number of hydrogen-bond donors (Lipinski definition) is 2. The highest BCUT2D eigenvalue weighted by Gasteiger charge is 2.16. The molecule has 0 aliphatic heterocycles. The first-order valence-corrected chi connectivity index (χ1v) is 6.55. The maximum Gasteiger partial charge on any atom is 0.407 e. The average Bonchev–Trinajstić information content (AvgIpc) is 2.58. The summed E-state index contributed by atoms with van der Waals surface area (Å²) in [6.07, 6.45) is -0.521. The number of carbonyl (C=O) groups is 2. The Kier molecular flexibility index (Phi) is 4.99. The van der Waals surface area contributed by atoms with Gasteiger partial charge in [-0.05, 0) is 48.8 Å². The van der Waals surface area contributed by atoms with Crippen LogP contribution >= 0.6 is 15.9 Å². The molecule has 0 atom stereocenters. The Hall–Kier alpha value is -1.50. The fourth-order valence-electron chi connectivity index (χ4n) is 1.44. The van der Waals surface area contributed by atoms with Gasteiger partial charge in [0.15, 0.2) is 0 Å². The van der Waals surface area contributed by atoms with E-state index in [9.17, 15) is 9.59 Å². The van der Waals surface area contributed by atoms with Crippen molar-refractivity contribution in [3.05, 3.63) is 22.4 Å². The van der Waals surface area contributed by atoms with E-state index in [0.29, 0.717) is 11.1 Å². The number of hydrogen-bond acceptors (Lipinski definition) is 3. The Bertz CT molecular complexity index is 477. The van der Waals surface area contributed by atoms with Gasteiger partial charge in [-0.3, -0.25) is 0 Å². The normalized spacial score (nSPS) is 11.2. The molecule has 6 nitrogen and oxygen atoms in total. The van der Waals surface area contributed by atoms with E-state index in [1.54, 1.807) is 31.4 Å². The van der Waals surface area contributed by atoms with Crippen molar-refractivity contribution in [1.29, 1.82) is 0 Å². The van der Waals surface area contributed by atoms with E-state index in [1.807, 2.05) is 0 Å². The summed E-state index contributed by atoms with van der Waals surface area (Å²) in [4.78, 5) is 22.4. The second-order valence-corrected chi connectivity index (χ2v) is 5.74. The van der Waals surface area contributed by atoms with Crippen LogP contribution in [0.25, 0.3) is 0 Å². The Morgan fingerprint density at radius 1 is 1.42 bits per heavy atom. The molecule has 0 unspecified atom stereocenters. The topological polar surface area (TPSA) is 80.6 Å². The van der Waals surface area contributed by atoms with Gasteiger partial charge in [-0.25, -0.2) is 9.59 Å². The third-order valence-electron chi connectivity index (χ3n) is 2.15. The third kappa shape index (κ3) is 4.94. The molecular weight excluding hydrogens is 316 g/mol. The summed E-state index contributed by atoms with van der Waals surface area (Å²) < 4.78 is 7.28. The maximum atomic E-state index is 11.4. The average molecular weight is 333 g/mol. The van der Waals surface area contributed by atoms with Crippen molar-refractivity contribution < 1.29 is 19.4 Å². The Morgan fingerprint density at radius 3 is 2.58 bits per heavy atom. The first kappa shape index (κ1) is 15.6. The molecule has 0 aliphatic carbocycles. The van der Waals surface area contributed by atoms with Gasteiger partial charge >= 0.3 is 12.1 Å². The third-order valence-corrected chi connectivity index (χ3v) is 2.84. The number of alkyl carbamates (subject to hydrolysis) is 1. The zero-order chi connectivity index (χ0) is 14.6. The number of ether oxygens (including phenoxy) is 1. The quantitative estimate of drug-likeness (QED) is 0.887. The van der Waals surface area contributed by atoms with Crippen molar-refractivity contribution in [2.45, 2.75) is 32.9 Å². The summed E-state index contributed by atoms with van der Waals surface area (Å²) in [6.45, 7) is 5.95. The molecule has 0 saturated heterocycles. The lowest BCUT2D eigenvalue weighted by Crippen LogP contribution is -2.34. The number of rotatable bonds is 4. The molecule has 106 valence electrons. The zero-order valence-electron chi connectivity index (χ0n) is 11.1. The molecular formula is C12H17BrN2O4. The van der Waals surface area contributed by atoms with Gasteiger partial charge in [-0.15, -0.1) is 0 Å². The predicted molar refractivity (Wildman–Crippen MR) is 73.3 cm³/mol. The van der Waals surface area contributed by atoms with Crippen molar-refractivity contribution in [1.82, 2.24) is 9.88 Å². The van der Waals surface area contributed by atoms with Crippen molar-refractivity contribution in [3.8, 4) is 0 Å². The van der Waals surface area contributed by atoms with E-state index in [-0.39, 0.29) is 12.2 Å². The molecule has 2 N–H and O–H groups in total. The van der Waals surface area contributed by atoms with Gasteiger partial charge in [0, 0.05) is 13.1 Å². The molecule has 0 spiro atoms. The van der Waals surface area contributed by atoms with E-state index in [1.165, 1.54) is 6.07 Å². The monoisotopic (exact) mass is 332 g/mol. The van der Waals surface area contributed by atoms with E-state index in [0.717, 1.165) is 0 Å². The van der Waals surface area contributed by atoms with Crippen molar-refractivity contribution >= 4 is 28.0 Å². The van der Waals surface area contributed by atoms with Crippen molar-refractivity contribution in [2.24, 2.45) is 0 Å². The number of carbonyl (C=O) groups excluding carboxylic acids is 1. The highest BCUT2D eigenvalue weighted by molar-refractivity contribution is 9.10. The molecule has 0 aromatic carbocycles. The molecule has 0 bridgehead atoms. The summed E-state index contributed by atoms with van der Waals surface area (Å²) in [5.74, 6) is -1.01. The molecule has 1 aromatic rings. The SMILES string of the molecule is CC(C)(C)OC(=O)NCCn1c(Br)ccc1C(=O)O. The van der Waals surface area contributed by atoms with Crippen LogP contribution in [0.3, 0.4) is 0 Å². The molecule has 1 amide bonds. The fourth-order valence-corrected chi connectivity index (χ4v) is 1.94. The second kappa shape index (κ2) is 6.10. The maximum absolute atomic E-state index is 11.4. The highest BCUT2D eigenvalue weighted by Crippen LogP contribution is 2.15. The number of amides is 1. The molecule has 0 aliphatic rings. The first-order valence-electron chi connectivity index (χ1n) is 5.76. The molecule has 1 heterocycles. The Morgan fingerprint density at radius 2 is 2.05 bits per heavy atom. The minimum atomic E-state index is -1.01. The van der Waals surface area contributed by atoms with Crippen LogP contribution in [-0.4, -0.2) is 33.9 Å². The lowest BCUT2D eigenvalue weighted by atomic mass is 10.2. The van der Waals surface area contributed by atoms with Crippen LogP contribution in [0.5, 0.6) is 0 Å². The Labute approximate surface area is 119 Å². The number of halogens is 1. The molecule has 0 fully saturated rings. The van der Waals surface area contributed by atoms with Gasteiger partial charge in [-0.1, -0.05) is 0 Å². The number of carboxylic acid groups (broad SMARTS) is 1. The van der Waals surface area contributed by atoms with Gasteiger partial charge in [0.25, 0.3) is 0 Å². The van der Waals surface area contributed by atoms with Crippen molar-refractivity contribution in [3.63, 3.8) is 0 Å². The fraction of sp³-hybridized carbons (Fsp3) is 0.500. The number of nitrogens with one attached hydrogen (secondary N) is 1. The predicted octanol–water partition coefficient (Wildman–Crippen LogP) is 2.47. The van der Waals surface area contributed by atoms with Gasteiger partial charge < -0.3 is 19.7 Å². The van der Waals surface area contributed by atoms with Crippen LogP contribution in [-0.2, 0) is 11.3 Å². The van der Waals surface area contributed by atoms with Crippen LogP contribution in [0.4, 0.5) is 4.79 Å². The number of carboxylic acids is 1. The van der Waals surface area contributed by atoms with Crippen LogP contribution in [0.2, 0.25) is 0 Å². The Balaban J connectivity index is 2.52. The minimum Gasteiger partial charge on any atom is -0.477 e. The van der Waals surface area contributed by atoms with Gasteiger partial charge in [0.05, 0.1) is 4.60 Å². The second-order valence-electron chi connectivity index (χ2n) is 4.93. The molecule has 7 heteroatoms. The molecule has 1 rings (SSSR count). The van der Waals surface area contributed by atoms with Gasteiger partial charge in [0.2, 0.25) is 0 Å². The van der Waals surface area contributed by atoms with E-state index in [2.05, 4.69) is 21.2 Å². The van der Waals surface area contributed by atoms with E-state index < -0.39 is 17.7 Å².